The second-order valence-electron chi connectivity index (χ2n) is 6.67. The average molecular weight is 341 g/mol. The number of nitrogens with zero attached hydrogens (tertiary/aromatic N) is 2. The van der Waals surface area contributed by atoms with Crippen molar-refractivity contribution in [1.29, 1.82) is 0 Å². The summed E-state index contributed by atoms with van der Waals surface area (Å²) in [7, 11) is 0. The van der Waals surface area contributed by atoms with Crippen LogP contribution in [0.15, 0.2) is 35.0 Å². The third-order valence-corrected chi connectivity index (χ3v) is 6.28. The van der Waals surface area contributed by atoms with E-state index in [1.807, 2.05) is 36.0 Å². The van der Waals surface area contributed by atoms with Gasteiger partial charge in [-0.3, -0.25) is 0 Å². The van der Waals surface area contributed by atoms with Crippen LogP contribution in [0.4, 0.5) is 5.82 Å². The standard InChI is InChI=1S/C18H19N3O2S/c1-2-4-14-13(3-1)15-16(23-14)17(20-11-19-15)21-12-5-7-22-18(9-12)6-8-24-10-18/h1-4,11-12H,5-10H2,(H,19,20,21)/t12-,18+/m1/s1. The first-order valence-corrected chi connectivity index (χ1v) is 9.59. The highest BCUT2D eigenvalue weighted by atomic mass is 32.2. The van der Waals surface area contributed by atoms with Crippen molar-refractivity contribution in [2.75, 3.05) is 23.4 Å². The maximum Gasteiger partial charge on any atom is 0.196 e. The zero-order valence-electron chi connectivity index (χ0n) is 13.3. The number of para-hydroxylation sites is 1. The molecule has 6 heteroatoms. The van der Waals surface area contributed by atoms with Crippen molar-refractivity contribution in [2.45, 2.75) is 30.9 Å². The highest BCUT2D eigenvalue weighted by molar-refractivity contribution is 7.99. The van der Waals surface area contributed by atoms with Crippen molar-refractivity contribution in [2.24, 2.45) is 0 Å². The first kappa shape index (κ1) is 14.5. The molecule has 3 aromatic rings. The maximum absolute atomic E-state index is 6.11. The molecule has 1 spiro atoms. The quantitative estimate of drug-likeness (QED) is 0.764. The number of fused-ring (bicyclic) bond motifs is 3. The number of thioether (sulfide) groups is 1. The van der Waals surface area contributed by atoms with Crippen LogP contribution < -0.4 is 5.32 Å². The number of nitrogens with one attached hydrogen (secondary N) is 1. The Labute approximate surface area is 144 Å². The lowest BCUT2D eigenvalue weighted by atomic mass is 9.90. The van der Waals surface area contributed by atoms with Gasteiger partial charge >= 0.3 is 0 Å². The Hall–Kier alpha value is -1.79. The number of rotatable bonds is 2. The topological polar surface area (TPSA) is 60.2 Å². The molecule has 0 unspecified atom stereocenters. The molecule has 1 aromatic carbocycles. The van der Waals surface area contributed by atoms with Gasteiger partial charge in [-0.1, -0.05) is 12.1 Å². The molecular weight excluding hydrogens is 322 g/mol. The van der Waals surface area contributed by atoms with Gasteiger partial charge in [-0.2, -0.15) is 11.8 Å². The van der Waals surface area contributed by atoms with Crippen LogP contribution in [-0.4, -0.2) is 39.7 Å². The van der Waals surface area contributed by atoms with Gasteiger partial charge in [0.25, 0.3) is 0 Å². The first-order valence-electron chi connectivity index (χ1n) is 8.44. The van der Waals surface area contributed by atoms with Crippen LogP contribution in [0.2, 0.25) is 0 Å². The highest BCUT2D eigenvalue weighted by Crippen LogP contribution is 2.39. The molecule has 0 radical (unpaired) electrons. The smallest absolute Gasteiger partial charge is 0.196 e. The van der Waals surface area contributed by atoms with Crippen molar-refractivity contribution in [3.05, 3.63) is 30.6 Å². The summed E-state index contributed by atoms with van der Waals surface area (Å²) in [5, 5.41) is 4.64. The van der Waals surface area contributed by atoms with Gasteiger partial charge in [0.1, 0.15) is 17.4 Å². The normalized spacial score (nSPS) is 27.2. The fraction of sp³-hybridized carbons (Fsp3) is 0.444. The molecule has 2 fully saturated rings. The van der Waals surface area contributed by atoms with E-state index in [0.29, 0.717) is 6.04 Å². The fourth-order valence-electron chi connectivity index (χ4n) is 3.83. The molecule has 0 amide bonds. The highest BCUT2D eigenvalue weighted by Gasteiger charge is 2.40. The Morgan fingerprint density at radius 2 is 2.21 bits per heavy atom. The lowest BCUT2D eigenvalue weighted by Gasteiger charge is -2.38. The Morgan fingerprint density at radius 3 is 3.12 bits per heavy atom. The summed E-state index contributed by atoms with van der Waals surface area (Å²) in [6.07, 6.45) is 4.80. The largest absolute Gasteiger partial charge is 0.450 e. The van der Waals surface area contributed by atoms with Crippen LogP contribution in [0.5, 0.6) is 0 Å². The van der Waals surface area contributed by atoms with E-state index >= 15 is 0 Å². The van der Waals surface area contributed by atoms with Crippen LogP contribution >= 0.6 is 11.8 Å². The van der Waals surface area contributed by atoms with Crippen LogP contribution in [0.1, 0.15) is 19.3 Å². The van der Waals surface area contributed by atoms with Crippen molar-refractivity contribution >= 4 is 39.6 Å². The van der Waals surface area contributed by atoms with Crippen LogP contribution in [0, 0.1) is 0 Å². The van der Waals surface area contributed by atoms with Crippen LogP contribution in [0.3, 0.4) is 0 Å². The average Bonchev–Trinajstić information content (AvgIpc) is 3.20. The van der Waals surface area contributed by atoms with Crippen LogP contribution in [-0.2, 0) is 4.74 Å². The predicted molar refractivity (Wildman–Crippen MR) is 96.6 cm³/mol. The van der Waals surface area contributed by atoms with E-state index in [1.165, 1.54) is 5.75 Å². The molecule has 2 aromatic heterocycles. The minimum Gasteiger partial charge on any atom is -0.450 e. The van der Waals surface area contributed by atoms with E-state index in [0.717, 1.165) is 59.5 Å². The van der Waals surface area contributed by atoms with Gasteiger partial charge < -0.3 is 14.5 Å². The summed E-state index contributed by atoms with van der Waals surface area (Å²) >= 11 is 2.00. The number of ether oxygens (including phenoxy) is 1. The Kier molecular flexibility index (Phi) is 3.41. The first-order chi connectivity index (χ1) is 11.8. The minimum absolute atomic E-state index is 0.0562. The van der Waals surface area contributed by atoms with E-state index in [1.54, 1.807) is 6.33 Å². The van der Waals surface area contributed by atoms with Crippen molar-refractivity contribution in [1.82, 2.24) is 9.97 Å². The molecule has 4 heterocycles. The SMILES string of the molecule is c1ccc2c(c1)oc1c(N[C@@H]3CCO[C@@]4(CCSC4)C3)ncnc12. The zero-order chi connectivity index (χ0) is 16.0. The van der Waals surface area contributed by atoms with E-state index in [-0.39, 0.29) is 5.60 Å². The van der Waals surface area contributed by atoms with Gasteiger partial charge in [0.05, 0.1) is 5.60 Å². The van der Waals surface area contributed by atoms with E-state index < -0.39 is 0 Å². The van der Waals surface area contributed by atoms with E-state index in [2.05, 4.69) is 15.3 Å². The Morgan fingerprint density at radius 1 is 1.25 bits per heavy atom. The van der Waals surface area contributed by atoms with Gasteiger partial charge in [0.2, 0.25) is 0 Å². The number of anilines is 1. The molecule has 24 heavy (non-hydrogen) atoms. The van der Waals surface area contributed by atoms with Crippen LogP contribution in [0.25, 0.3) is 22.1 Å². The number of benzene rings is 1. The number of aromatic nitrogens is 2. The zero-order valence-corrected chi connectivity index (χ0v) is 14.1. The number of furan rings is 1. The second-order valence-corrected chi connectivity index (χ2v) is 7.77. The van der Waals surface area contributed by atoms with Gasteiger partial charge in [0.15, 0.2) is 11.4 Å². The minimum atomic E-state index is 0.0562. The van der Waals surface area contributed by atoms with Crippen molar-refractivity contribution in [3.8, 4) is 0 Å². The van der Waals surface area contributed by atoms with Gasteiger partial charge in [-0.15, -0.1) is 0 Å². The lowest BCUT2D eigenvalue weighted by Crippen LogP contribution is -2.44. The molecule has 124 valence electrons. The predicted octanol–water partition coefficient (Wildman–Crippen LogP) is 3.84. The molecule has 2 aliphatic heterocycles. The van der Waals surface area contributed by atoms with E-state index in [4.69, 9.17) is 9.15 Å². The summed E-state index contributed by atoms with van der Waals surface area (Å²) in [4.78, 5) is 8.87. The lowest BCUT2D eigenvalue weighted by molar-refractivity contribution is -0.0628. The summed E-state index contributed by atoms with van der Waals surface area (Å²) < 4.78 is 12.1. The molecule has 5 nitrogen and oxygen atoms in total. The summed E-state index contributed by atoms with van der Waals surface area (Å²) in [5.41, 5.74) is 2.54. The summed E-state index contributed by atoms with van der Waals surface area (Å²) in [6.45, 7) is 0.812. The monoisotopic (exact) mass is 341 g/mol. The Balaban J connectivity index is 1.48. The van der Waals surface area contributed by atoms with Crippen molar-refractivity contribution < 1.29 is 9.15 Å². The summed E-state index contributed by atoms with van der Waals surface area (Å²) in [5.74, 6) is 3.10. The van der Waals surface area contributed by atoms with Gasteiger partial charge in [0, 0.05) is 23.8 Å². The molecular formula is C18H19N3O2S. The molecule has 0 saturated carbocycles. The van der Waals surface area contributed by atoms with Gasteiger partial charge in [-0.25, -0.2) is 9.97 Å². The second kappa shape index (κ2) is 5.63. The molecule has 2 saturated heterocycles. The Bertz CT molecular complexity index is 888. The summed E-state index contributed by atoms with van der Waals surface area (Å²) in [6, 6.07) is 8.36. The third-order valence-electron chi connectivity index (χ3n) is 5.06. The van der Waals surface area contributed by atoms with Gasteiger partial charge in [-0.05, 0) is 37.1 Å². The van der Waals surface area contributed by atoms with E-state index in [9.17, 15) is 0 Å². The van der Waals surface area contributed by atoms with Crippen molar-refractivity contribution in [3.63, 3.8) is 0 Å². The molecule has 2 atom stereocenters. The molecule has 5 rings (SSSR count). The number of hydrogen-bond acceptors (Lipinski definition) is 6. The molecule has 1 N–H and O–H groups in total. The molecule has 0 bridgehead atoms. The fourth-order valence-corrected chi connectivity index (χ4v) is 5.21. The molecule has 0 aliphatic carbocycles. The third kappa shape index (κ3) is 2.36. The molecule has 2 aliphatic rings. The maximum atomic E-state index is 6.11. The number of hydrogen-bond donors (Lipinski definition) is 1.